The number of nitrogens with zero attached hydrogens (tertiary/aromatic N) is 1. The van der Waals surface area contributed by atoms with E-state index in [0.29, 0.717) is 4.47 Å². The fourth-order valence-electron chi connectivity index (χ4n) is 0.607. The molecule has 1 aromatic rings. The summed E-state index contributed by atoms with van der Waals surface area (Å²) in [7, 11) is 1.52. The summed E-state index contributed by atoms with van der Waals surface area (Å²) < 4.78 is 23.0. The van der Waals surface area contributed by atoms with Gasteiger partial charge in [-0.15, -0.1) is 0 Å². The topological polar surface area (TPSA) is 22.0 Å². The second-order valence-electron chi connectivity index (χ2n) is 1.95. The molecule has 0 amide bonds. The highest BCUT2D eigenvalue weighted by molar-refractivity contribution is 9.10. The van der Waals surface area contributed by atoms with Gasteiger partial charge in [0.05, 0.1) is 0 Å². The van der Waals surface area contributed by atoms with Crippen molar-refractivity contribution < 1.29 is 4.11 Å². The third-order valence-corrected chi connectivity index (χ3v) is 1.88. The van der Waals surface area contributed by atoms with Crippen LogP contribution < -0.4 is 5.56 Å². The van der Waals surface area contributed by atoms with Crippen LogP contribution in [0.2, 0.25) is 0 Å². The molecule has 0 unspecified atom stereocenters. The normalized spacial score (nSPS) is 15.6. The van der Waals surface area contributed by atoms with Gasteiger partial charge in [-0.1, -0.05) is 15.9 Å². The van der Waals surface area contributed by atoms with Gasteiger partial charge in [-0.25, -0.2) is 0 Å². The highest BCUT2D eigenvalue weighted by atomic mass is 79.9. The Kier molecular flexibility index (Phi) is 1.12. The van der Waals surface area contributed by atoms with Crippen LogP contribution in [-0.2, 0) is 7.05 Å². The van der Waals surface area contributed by atoms with Gasteiger partial charge >= 0.3 is 0 Å². The molecule has 2 nitrogen and oxygen atoms in total. The molecule has 1 aromatic heterocycles. The van der Waals surface area contributed by atoms with E-state index in [1.54, 1.807) is 6.07 Å². The number of hydrogen-bond donors (Lipinski definition) is 0. The van der Waals surface area contributed by atoms with Gasteiger partial charge < -0.3 is 4.57 Å². The minimum atomic E-state index is -2.37. The maximum absolute atomic E-state index is 11.4. The Morgan fingerprint density at radius 1 is 1.80 bits per heavy atom. The van der Waals surface area contributed by atoms with Crippen LogP contribution in [0.25, 0.3) is 0 Å². The van der Waals surface area contributed by atoms with Crippen LogP contribution in [0.4, 0.5) is 0 Å². The molecular formula is C7H8BrNO. The quantitative estimate of drug-likeness (QED) is 0.628. The summed E-state index contributed by atoms with van der Waals surface area (Å²) in [4.78, 5) is 11.4. The van der Waals surface area contributed by atoms with Gasteiger partial charge in [-0.05, 0) is 12.9 Å². The summed E-state index contributed by atoms with van der Waals surface area (Å²) in [6, 6.07) is 1.54. The van der Waals surface area contributed by atoms with Gasteiger partial charge in [0.25, 0.3) is 5.56 Å². The lowest BCUT2D eigenvalue weighted by molar-refractivity contribution is 0.845. The molecular weight excluding hydrogens is 194 g/mol. The number of pyridine rings is 1. The number of halogens is 1. The lowest BCUT2D eigenvalue weighted by atomic mass is 10.3. The van der Waals surface area contributed by atoms with Crippen molar-refractivity contribution in [3.8, 4) is 0 Å². The number of aromatic nitrogens is 1. The van der Waals surface area contributed by atoms with Crippen molar-refractivity contribution in [2.45, 2.75) is 6.85 Å². The summed E-state index contributed by atoms with van der Waals surface area (Å²) in [5.41, 5.74) is -0.660. The average Bonchev–Trinajstić information content (AvgIpc) is 1.95. The maximum atomic E-state index is 11.4. The molecule has 0 saturated carbocycles. The predicted molar refractivity (Wildman–Crippen MR) is 44.1 cm³/mol. The lowest BCUT2D eigenvalue weighted by Gasteiger charge is -1.99. The first-order valence-corrected chi connectivity index (χ1v) is 3.49. The Labute approximate surface area is 71.8 Å². The average molecular weight is 205 g/mol. The van der Waals surface area contributed by atoms with Crippen LogP contribution in [0.5, 0.6) is 0 Å². The minimum absolute atomic E-state index is 0.169. The zero-order valence-corrected chi connectivity index (χ0v) is 6.97. The molecule has 0 saturated heterocycles. The first-order chi connectivity index (χ1) is 5.84. The molecule has 0 aromatic carbocycles. The summed E-state index contributed by atoms with van der Waals surface area (Å²) in [6.45, 7) is -2.37. The molecule has 0 N–H and O–H groups in total. The Morgan fingerprint density at radius 2 is 2.50 bits per heavy atom. The first-order valence-electron chi connectivity index (χ1n) is 4.19. The Balaban J connectivity index is 3.53. The van der Waals surface area contributed by atoms with Crippen LogP contribution in [0.1, 0.15) is 9.68 Å². The summed E-state index contributed by atoms with van der Waals surface area (Å²) in [5, 5.41) is 0. The second kappa shape index (κ2) is 2.58. The van der Waals surface area contributed by atoms with Gasteiger partial charge in [0, 0.05) is 27.4 Å². The Bertz CT molecular complexity index is 382. The molecule has 0 bridgehead atoms. The van der Waals surface area contributed by atoms with Crippen LogP contribution in [0.3, 0.4) is 0 Å². The van der Waals surface area contributed by atoms with Gasteiger partial charge in [0.2, 0.25) is 0 Å². The van der Waals surface area contributed by atoms with Crippen molar-refractivity contribution in [3.05, 3.63) is 32.7 Å². The Hall–Kier alpha value is -0.570. The van der Waals surface area contributed by atoms with Crippen molar-refractivity contribution >= 4 is 15.9 Å². The summed E-state index contributed by atoms with van der Waals surface area (Å²) >= 11 is 3.04. The van der Waals surface area contributed by atoms with E-state index in [9.17, 15) is 4.79 Å². The molecule has 10 heavy (non-hydrogen) atoms. The zero-order valence-electron chi connectivity index (χ0n) is 8.39. The fraction of sp³-hybridized carbons (Fsp3) is 0.286. The van der Waals surface area contributed by atoms with Crippen molar-refractivity contribution in [1.29, 1.82) is 0 Å². The molecule has 0 aliphatic carbocycles. The van der Waals surface area contributed by atoms with E-state index in [-0.39, 0.29) is 5.56 Å². The molecule has 0 aliphatic heterocycles. The molecule has 1 heterocycles. The van der Waals surface area contributed by atoms with E-state index >= 15 is 0 Å². The third-order valence-electron chi connectivity index (χ3n) is 1.22. The van der Waals surface area contributed by atoms with Crippen molar-refractivity contribution in [2.75, 3.05) is 0 Å². The predicted octanol–water partition coefficient (Wildman–Crippen LogP) is 1.46. The van der Waals surface area contributed by atoms with Gasteiger partial charge in [0.15, 0.2) is 0 Å². The second-order valence-corrected chi connectivity index (χ2v) is 2.81. The van der Waals surface area contributed by atoms with E-state index in [4.69, 9.17) is 4.11 Å². The molecule has 1 rings (SSSR count). The minimum Gasteiger partial charge on any atom is -0.318 e. The number of hydrogen-bond acceptors (Lipinski definition) is 1. The largest absolute Gasteiger partial charge is 0.318 e. The number of rotatable bonds is 0. The molecule has 0 atom stereocenters. The van der Waals surface area contributed by atoms with Crippen LogP contribution >= 0.6 is 15.9 Å². The van der Waals surface area contributed by atoms with Gasteiger partial charge in [-0.3, -0.25) is 4.79 Å². The lowest BCUT2D eigenvalue weighted by Crippen LogP contribution is -2.18. The van der Waals surface area contributed by atoms with Gasteiger partial charge in [0.1, 0.15) is 0 Å². The summed E-state index contributed by atoms with van der Waals surface area (Å²) in [5.74, 6) is 0. The van der Waals surface area contributed by atoms with Crippen molar-refractivity contribution in [1.82, 2.24) is 4.57 Å². The molecule has 0 spiro atoms. The standard InChI is InChI=1S/C7H8BrNO/c1-5-6(8)3-4-9(2)7(5)10/h3-4H,1-2H3/i1D3. The van der Waals surface area contributed by atoms with E-state index in [0.717, 1.165) is 0 Å². The molecule has 54 valence electrons. The smallest absolute Gasteiger partial charge is 0.254 e. The van der Waals surface area contributed by atoms with E-state index < -0.39 is 12.4 Å². The highest BCUT2D eigenvalue weighted by Crippen LogP contribution is 2.09. The van der Waals surface area contributed by atoms with Crippen LogP contribution in [0, 0.1) is 6.85 Å². The van der Waals surface area contributed by atoms with Crippen LogP contribution in [-0.4, -0.2) is 4.57 Å². The van der Waals surface area contributed by atoms with Crippen LogP contribution in [0.15, 0.2) is 21.5 Å². The highest BCUT2D eigenvalue weighted by Gasteiger charge is 1.98. The first kappa shape index (κ1) is 4.34. The fourth-order valence-corrected chi connectivity index (χ4v) is 0.895. The van der Waals surface area contributed by atoms with Crippen molar-refractivity contribution in [2.24, 2.45) is 7.05 Å². The Morgan fingerprint density at radius 3 is 3.00 bits per heavy atom. The van der Waals surface area contributed by atoms with E-state index in [2.05, 4.69) is 15.9 Å². The van der Waals surface area contributed by atoms with E-state index in [1.807, 2.05) is 0 Å². The monoisotopic (exact) mass is 204 g/mol. The molecule has 3 heteroatoms. The molecule has 0 radical (unpaired) electrons. The van der Waals surface area contributed by atoms with E-state index in [1.165, 1.54) is 17.8 Å². The summed E-state index contributed by atoms with van der Waals surface area (Å²) in [6.07, 6.45) is 1.52. The molecule has 0 fully saturated rings. The maximum Gasteiger partial charge on any atom is 0.254 e. The van der Waals surface area contributed by atoms with Gasteiger partial charge in [-0.2, -0.15) is 0 Å². The SMILES string of the molecule is [2H]C([2H])([2H])c1c(Br)ccn(C)c1=O. The zero-order chi connectivity index (χ0) is 10.2. The third kappa shape index (κ3) is 1.14. The molecule has 0 aliphatic rings. The number of aryl methyl sites for hydroxylation is 1. The van der Waals surface area contributed by atoms with Crippen molar-refractivity contribution in [3.63, 3.8) is 0 Å².